The van der Waals surface area contributed by atoms with Gasteiger partial charge in [-0.05, 0) is 31.5 Å². The molecule has 1 amide bonds. The molecule has 0 aliphatic rings. The number of rotatable bonds is 5. The highest BCUT2D eigenvalue weighted by molar-refractivity contribution is 7.99. The van der Waals surface area contributed by atoms with Crippen molar-refractivity contribution in [2.24, 2.45) is 7.05 Å². The molecule has 138 valence electrons. The molecular weight excluding hydrogens is 398 g/mol. The Morgan fingerprint density at radius 1 is 1.26 bits per heavy atom. The van der Waals surface area contributed by atoms with E-state index >= 15 is 0 Å². The summed E-state index contributed by atoms with van der Waals surface area (Å²) in [6.45, 7) is 4.19. The van der Waals surface area contributed by atoms with E-state index in [9.17, 15) is 4.79 Å². The molecule has 4 aromatic rings. The maximum Gasteiger partial charge on any atom is 0.236 e. The number of thiophene rings is 1. The molecule has 4 rings (SSSR count). The number of anilines is 1. The zero-order valence-corrected chi connectivity index (χ0v) is 17.5. The van der Waals surface area contributed by atoms with E-state index in [1.165, 1.54) is 33.5 Å². The van der Waals surface area contributed by atoms with Gasteiger partial charge in [0.2, 0.25) is 5.91 Å². The van der Waals surface area contributed by atoms with Crippen molar-refractivity contribution in [3.63, 3.8) is 0 Å². The van der Waals surface area contributed by atoms with E-state index in [2.05, 4.69) is 39.7 Å². The number of carbonyl (C=O) groups excluding carboxylic acids is 1. The number of carbonyl (C=O) groups is 1. The minimum absolute atomic E-state index is 0.105. The van der Waals surface area contributed by atoms with Crippen LogP contribution in [-0.2, 0) is 11.8 Å². The topological polar surface area (TPSA) is 72.7 Å². The molecular formula is C18H17N5OS3. The number of nitrogens with one attached hydrogen (secondary N) is 1. The highest BCUT2D eigenvalue weighted by Crippen LogP contribution is 2.31. The quantitative estimate of drug-likeness (QED) is 0.486. The summed E-state index contributed by atoms with van der Waals surface area (Å²) in [7, 11) is 1.93. The molecule has 1 N–H and O–H groups in total. The predicted octanol–water partition coefficient (Wildman–Crippen LogP) is 4.50. The van der Waals surface area contributed by atoms with Crippen molar-refractivity contribution >= 4 is 55.7 Å². The Morgan fingerprint density at radius 2 is 2.07 bits per heavy atom. The maximum atomic E-state index is 12.3. The first-order chi connectivity index (χ1) is 13.0. The third-order valence-corrected chi connectivity index (χ3v) is 7.22. The number of thiazole rings is 1. The molecule has 9 heteroatoms. The lowest BCUT2D eigenvalue weighted by molar-refractivity contribution is -0.113. The van der Waals surface area contributed by atoms with Gasteiger partial charge in [0.15, 0.2) is 16.1 Å². The van der Waals surface area contributed by atoms with Crippen molar-refractivity contribution in [1.82, 2.24) is 19.7 Å². The van der Waals surface area contributed by atoms with Crippen LogP contribution in [0.3, 0.4) is 0 Å². The van der Waals surface area contributed by atoms with Crippen LogP contribution in [0.4, 0.5) is 5.13 Å². The summed E-state index contributed by atoms with van der Waals surface area (Å²) in [6.07, 6.45) is 0. The van der Waals surface area contributed by atoms with Crippen LogP contribution in [0.15, 0.2) is 34.8 Å². The van der Waals surface area contributed by atoms with Crippen LogP contribution in [0.25, 0.3) is 21.6 Å². The van der Waals surface area contributed by atoms with Crippen LogP contribution < -0.4 is 5.32 Å². The Bertz CT molecular complexity index is 1090. The Hall–Kier alpha value is -2.23. The second-order valence-electron chi connectivity index (χ2n) is 6.02. The molecule has 0 fully saturated rings. The number of fused-ring (bicyclic) bond motifs is 1. The van der Waals surface area contributed by atoms with E-state index in [-0.39, 0.29) is 11.7 Å². The van der Waals surface area contributed by atoms with Crippen molar-refractivity contribution < 1.29 is 4.79 Å². The van der Waals surface area contributed by atoms with Crippen LogP contribution in [0.1, 0.15) is 10.4 Å². The van der Waals surface area contributed by atoms with E-state index < -0.39 is 0 Å². The van der Waals surface area contributed by atoms with Gasteiger partial charge in [0.1, 0.15) is 0 Å². The molecule has 6 nitrogen and oxygen atoms in total. The molecule has 0 bridgehead atoms. The molecule has 0 spiro atoms. The first-order valence-corrected chi connectivity index (χ1v) is 10.9. The second-order valence-corrected chi connectivity index (χ2v) is 9.08. The summed E-state index contributed by atoms with van der Waals surface area (Å²) < 4.78 is 2.99. The molecule has 27 heavy (non-hydrogen) atoms. The monoisotopic (exact) mass is 415 g/mol. The first-order valence-electron chi connectivity index (χ1n) is 8.25. The minimum Gasteiger partial charge on any atom is -0.305 e. The second kappa shape index (κ2) is 7.41. The lowest BCUT2D eigenvalue weighted by Gasteiger charge is -2.04. The fourth-order valence-corrected chi connectivity index (χ4v) is 5.08. The lowest BCUT2D eigenvalue weighted by Crippen LogP contribution is -2.14. The van der Waals surface area contributed by atoms with Crippen LogP contribution in [0.2, 0.25) is 0 Å². The summed E-state index contributed by atoms with van der Waals surface area (Å²) in [5, 5.41) is 14.8. The molecule has 0 unspecified atom stereocenters. The molecule has 0 saturated carbocycles. The molecule has 0 saturated heterocycles. The SMILES string of the molecule is Cc1scc(-c2nnc(SCC(=O)Nc3nc4ccccc4s3)n2C)c1C. The van der Waals surface area contributed by atoms with Gasteiger partial charge in [-0.2, -0.15) is 0 Å². The predicted molar refractivity (Wildman–Crippen MR) is 113 cm³/mol. The number of aromatic nitrogens is 4. The molecule has 1 aromatic carbocycles. The van der Waals surface area contributed by atoms with E-state index in [1.54, 1.807) is 11.3 Å². The molecule has 0 atom stereocenters. The van der Waals surface area contributed by atoms with E-state index in [0.717, 1.165) is 21.6 Å². The molecule has 3 aromatic heterocycles. The van der Waals surface area contributed by atoms with Crippen molar-refractivity contribution in [2.45, 2.75) is 19.0 Å². The van der Waals surface area contributed by atoms with Crippen LogP contribution in [0, 0.1) is 13.8 Å². The van der Waals surface area contributed by atoms with Gasteiger partial charge < -0.3 is 9.88 Å². The third-order valence-electron chi connectivity index (χ3n) is 4.23. The van der Waals surface area contributed by atoms with E-state index in [1.807, 2.05) is 35.9 Å². The number of thioether (sulfide) groups is 1. The number of para-hydroxylation sites is 1. The van der Waals surface area contributed by atoms with Gasteiger partial charge in [-0.1, -0.05) is 35.2 Å². The van der Waals surface area contributed by atoms with Gasteiger partial charge in [-0.15, -0.1) is 21.5 Å². The Kier molecular flexibility index (Phi) is 4.98. The summed E-state index contributed by atoms with van der Waals surface area (Å²) in [5.41, 5.74) is 3.21. The first kappa shape index (κ1) is 18.1. The average Bonchev–Trinajstić information content (AvgIpc) is 3.31. The molecule has 0 aliphatic carbocycles. The zero-order chi connectivity index (χ0) is 19.0. The number of nitrogens with zero attached hydrogens (tertiary/aromatic N) is 4. The van der Waals surface area contributed by atoms with Crippen LogP contribution >= 0.6 is 34.4 Å². The number of aryl methyl sites for hydroxylation is 1. The molecule has 0 aliphatic heterocycles. The van der Waals surface area contributed by atoms with Gasteiger partial charge >= 0.3 is 0 Å². The Balaban J connectivity index is 1.42. The van der Waals surface area contributed by atoms with Crippen molar-refractivity contribution in [3.05, 3.63) is 40.1 Å². The molecule has 3 heterocycles. The van der Waals surface area contributed by atoms with E-state index in [0.29, 0.717) is 10.3 Å². The highest BCUT2D eigenvalue weighted by Gasteiger charge is 2.16. The molecule has 0 radical (unpaired) electrons. The third kappa shape index (κ3) is 3.62. The van der Waals surface area contributed by atoms with Gasteiger partial charge in [0.05, 0.1) is 16.0 Å². The summed E-state index contributed by atoms with van der Waals surface area (Å²) in [4.78, 5) is 18.0. The minimum atomic E-state index is -0.105. The highest BCUT2D eigenvalue weighted by atomic mass is 32.2. The van der Waals surface area contributed by atoms with Crippen LogP contribution in [-0.4, -0.2) is 31.4 Å². The maximum absolute atomic E-state index is 12.3. The van der Waals surface area contributed by atoms with Gasteiger partial charge in [-0.3, -0.25) is 4.79 Å². The van der Waals surface area contributed by atoms with Crippen molar-refractivity contribution in [3.8, 4) is 11.4 Å². The number of hydrogen-bond acceptors (Lipinski definition) is 7. The number of amides is 1. The fourth-order valence-electron chi connectivity index (χ4n) is 2.62. The largest absolute Gasteiger partial charge is 0.305 e. The van der Waals surface area contributed by atoms with Gasteiger partial charge in [0, 0.05) is 22.9 Å². The lowest BCUT2D eigenvalue weighted by atomic mass is 10.2. The van der Waals surface area contributed by atoms with Gasteiger partial charge in [0.25, 0.3) is 0 Å². The zero-order valence-electron chi connectivity index (χ0n) is 15.0. The summed E-state index contributed by atoms with van der Waals surface area (Å²) >= 11 is 4.55. The average molecular weight is 416 g/mol. The Morgan fingerprint density at radius 3 is 2.81 bits per heavy atom. The van der Waals surface area contributed by atoms with E-state index in [4.69, 9.17) is 0 Å². The van der Waals surface area contributed by atoms with Crippen molar-refractivity contribution in [1.29, 1.82) is 0 Å². The fraction of sp³-hybridized carbons (Fsp3) is 0.222. The standard InChI is InChI=1S/C18H17N5OS3/c1-10-11(2)25-8-12(10)16-21-22-18(23(16)3)26-9-15(24)20-17-19-13-6-4-5-7-14(13)27-17/h4-8H,9H2,1-3H3,(H,19,20,24). The normalized spacial score (nSPS) is 11.2. The summed E-state index contributed by atoms with van der Waals surface area (Å²) in [5.74, 6) is 0.973. The van der Waals surface area contributed by atoms with Crippen LogP contribution in [0.5, 0.6) is 0 Å². The van der Waals surface area contributed by atoms with Gasteiger partial charge in [-0.25, -0.2) is 4.98 Å². The number of benzene rings is 1. The van der Waals surface area contributed by atoms with Crippen molar-refractivity contribution in [2.75, 3.05) is 11.1 Å². The summed E-state index contributed by atoms with van der Waals surface area (Å²) in [6, 6.07) is 7.83. The smallest absolute Gasteiger partial charge is 0.236 e. The Labute approximate surface area is 168 Å². The number of hydrogen-bond donors (Lipinski definition) is 1.